The highest BCUT2D eigenvalue weighted by Crippen LogP contribution is 2.27. The van der Waals surface area contributed by atoms with Crippen LogP contribution < -0.4 is 0 Å². The van der Waals surface area contributed by atoms with Gasteiger partial charge in [0, 0.05) is 19.6 Å². The number of benzene rings is 1. The van der Waals surface area contributed by atoms with E-state index in [0.717, 1.165) is 45.6 Å². The molecule has 0 aromatic heterocycles. The summed E-state index contributed by atoms with van der Waals surface area (Å²) in [4.78, 5) is 16.5. The van der Waals surface area contributed by atoms with Gasteiger partial charge in [-0.25, -0.2) is 0 Å². The molecule has 2 heterocycles. The predicted octanol–water partition coefficient (Wildman–Crippen LogP) is 2.53. The van der Waals surface area contributed by atoms with Crippen LogP contribution in [0.2, 0.25) is 0 Å². The monoisotopic (exact) mass is 316 g/mol. The number of piperidine rings is 1. The highest BCUT2D eigenvalue weighted by atomic mass is 16.5. The number of carbonyl (C=O) groups is 1. The molecule has 3 rings (SSSR count). The molecule has 1 aromatic carbocycles. The fourth-order valence-corrected chi connectivity index (χ4v) is 3.80. The normalized spacial score (nSPS) is 27.4. The van der Waals surface area contributed by atoms with E-state index >= 15 is 0 Å². The zero-order valence-electron chi connectivity index (χ0n) is 14.3. The topological polar surface area (TPSA) is 32.8 Å². The third-order valence-electron chi connectivity index (χ3n) is 5.23. The summed E-state index contributed by atoms with van der Waals surface area (Å²) >= 11 is 0. The fourth-order valence-electron chi connectivity index (χ4n) is 3.80. The summed E-state index contributed by atoms with van der Waals surface area (Å²) in [5.41, 5.74) is 1.39. The quantitative estimate of drug-likeness (QED) is 0.856. The molecular weight excluding hydrogens is 288 g/mol. The number of likely N-dealkylation sites (N-methyl/N-ethyl adjacent to an activating group) is 1. The second kappa shape index (κ2) is 7.45. The van der Waals surface area contributed by atoms with E-state index in [1.165, 1.54) is 5.56 Å². The third-order valence-corrected chi connectivity index (χ3v) is 5.23. The van der Waals surface area contributed by atoms with Crippen molar-refractivity contribution >= 4 is 5.91 Å². The number of rotatable bonds is 4. The Morgan fingerprint density at radius 3 is 2.52 bits per heavy atom. The lowest BCUT2D eigenvalue weighted by molar-refractivity contribution is -0.166. The molecule has 2 saturated heterocycles. The minimum atomic E-state index is -0.281. The molecule has 126 valence electrons. The van der Waals surface area contributed by atoms with E-state index < -0.39 is 0 Å². The van der Waals surface area contributed by atoms with Crippen LogP contribution in [0.5, 0.6) is 0 Å². The van der Waals surface area contributed by atoms with Gasteiger partial charge in [-0.1, -0.05) is 30.3 Å². The Morgan fingerprint density at radius 2 is 1.87 bits per heavy atom. The van der Waals surface area contributed by atoms with E-state index in [1.807, 2.05) is 11.8 Å². The SMILES string of the molecule is CCN1C[C@@H](C2CCN(Cc3ccccc3)CC2)O[C@@H](C)C1=O. The maximum atomic E-state index is 12.0. The molecule has 2 atom stereocenters. The van der Waals surface area contributed by atoms with Crippen molar-refractivity contribution < 1.29 is 9.53 Å². The Bertz CT molecular complexity index is 511. The van der Waals surface area contributed by atoms with Crippen molar-refractivity contribution in [1.29, 1.82) is 0 Å². The third kappa shape index (κ3) is 3.93. The van der Waals surface area contributed by atoms with Crippen molar-refractivity contribution in [2.24, 2.45) is 5.92 Å². The van der Waals surface area contributed by atoms with Crippen molar-refractivity contribution in [2.45, 2.75) is 45.4 Å². The fraction of sp³-hybridized carbons (Fsp3) is 0.632. The molecule has 0 saturated carbocycles. The predicted molar refractivity (Wildman–Crippen MR) is 91.0 cm³/mol. The summed E-state index contributed by atoms with van der Waals surface area (Å²) < 4.78 is 6.01. The Labute approximate surface area is 139 Å². The van der Waals surface area contributed by atoms with Crippen LogP contribution in [0.25, 0.3) is 0 Å². The minimum Gasteiger partial charge on any atom is -0.363 e. The van der Waals surface area contributed by atoms with Gasteiger partial charge in [0.15, 0.2) is 0 Å². The number of hydrogen-bond donors (Lipinski definition) is 0. The number of nitrogens with zero attached hydrogens (tertiary/aromatic N) is 2. The maximum Gasteiger partial charge on any atom is 0.251 e. The summed E-state index contributed by atoms with van der Waals surface area (Å²) in [6, 6.07) is 10.7. The highest BCUT2D eigenvalue weighted by molar-refractivity contribution is 5.81. The van der Waals surface area contributed by atoms with Crippen LogP contribution in [0.3, 0.4) is 0 Å². The van der Waals surface area contributed by atoms with Gasteiger partial charge in [0.2, 0.25) is 0 Å². The smallest absolute Gasteiger partial charge is 0.251 e. The Morgan fingerprint density at radius 1 is 1.17 bits per heavy atom. The first-order valence-corrected chi connectivity index (χ1v) is 8.88. The number of hydrogen-bond acceptors (Lipinski definition) is 3. The summed E-state index contributed by atoms with van der Waals surface area (Å²) in [6.45, 7) is 8.77. The molecule has 0 spiro atoms. The van der Waals surface area contributed by atoms with Gasteiger partial charge < -0.3 is 9.64 Å². The Hall–Kier alpha value is -1.39. The van der Waals surface area contributed by atoms with Gasteiger partial charge in [0.05, 0.1) is 6.10 Å². The van der Waals surface area contributed by atoms with Crippen LogP contribution in [0.4, 0.5) is 0 Å². The Balaban J connectivity index is 1.51. The molecule has 0 unspecified atom stereocenters. The van der Waals surface area contributed by atoms with Crippen LogP contribution in [-0.2, 0) is 16.1 Å². The van der Waals surface area contributed by atoms with Crippen LogP contribution in [0, 0.1) is 5.92 Å². The second-order valence-electron chi connectivity index (χ2n) is 6.79. The first-order chi connectivity index (χ1) is 11.2. The average Bonchev–Trinajstić information content (AvgIpc) is 2.59. The summed E-state index contributed by atoms with van der Waals surface area (Å²) in [7, 11) is 0. The van der Waals surface area contributed by atoms with Gasteiger partial charge in [0.1, 0.15) is 6.10 Å². The van der Waals surface area contributed by atoms with Crippen molar-refractivity contribution in [1.82, 2.24) is 9.80 Å². The number of carbonyl (C=O) groups excluding carboxylic acids is 1. The molecule has 0 N–H and O–H groups in total. The summed E-state index contributed by atoms with van der Waals surface area (Å²) in [5.74, 6) is 0.719. The molecular formula is C19H28N2O2. The second-order valence-corrected chi connectivity index (χ2v) is 6.79. The molecule has 0 aliphatic carbocycles. The molecule has 23 heavy (non-hydrogen) atoms. The Kier molecular flexibility index (Phi) is 5.34. The molecule has 1 amide bonds. The first-order valence-electron chi connectivity index (χ1n) is 8.88. The van der Waals surface area contributed by atoms with Gasteiger partial charge in [-0.2, -0.15) is 0 Å². The largest absolute Gasteiger partial charge is 0.363 e. The number of ether oxygens (including phenoxy) is 1. The lowest BCUT2D eigenvalue weighted by Crippen LogP contribution is -2.54. The van der Waals surface area contributed by atoms with Crippen LogP contribution >= 0.6 is 0 Å². The standard InChI is InChI=1S/C19H28N2O2/c1-3-21-14-18(23-15(2)19(21)22)17-9-11-20(12-10-17)13-16-7-5-4-6-8-16/h4-8,15,17-18H,3,9-14H2,1-2H3/t15-,18-/m0/s1. The van der Waals surface area contributed by atoms with Crippen molar-refractivity contribution in [3.05, 3.63) is 35.9 Å². The zero-order valence-corrected chi connectivity index (χ0v) is 14.3. The van der Waals surface area contributed by atoms with E-state index in [0.29, 0.717) is 5.92 Å². The van der Waals surface area contributed by atoms with Crippen molar-refractivity contribution in [3.8, 4) is 0 Å². The van der Waals surface area contributed by atoms with E-state index in [4.69, 9.17) is 4.74 Å². The lowest BCUT2D eigenvalue weighted by Gasteiger charge is -2.42. The van der Waals surface area contributed by atoms with Gasteiger partial charge in [-0.15, -0.1) is 0 Å². The van der Waals surface area contributed by atoms with Crippen molar-refractivity contribution in [3.63, 3.8) is 0 Å². The van der Waals surface area contributed by atoms with E-state index in [-0.39, 0.29) is 18.1 Å². The molecule has 0 radical (unpaired) electrons. The van der Waals surface area contributed by atoms with E-state index in [2.05, 4.69) is 42.2 Å². The minimum absolute atomic E-state index is 0.144. The van der Waals surface area contributed by atoms with Crippen LogP contribution in [0.15, 0.2) is 30.3 Å². The summed E-state index contributed by atoms with van der Waals surface area (Å²) in [5, 5.41) is 0. The first kappa shape index (κ1) is 16.5. The van der Waals surface area contributed by atoms with Crippen LogP contribution in [0.1, 0.15) is 32.3 Å². The number of likely N-dealkylation sites (tertiary alicyclic amines) is 1. The maximum absolute atomic E-state index is 12.0. The van der Waals surface area contributed by atoms with Gasteiger partial charge in [-0.05, 0) is 51.3 Å². The lowest BCUT2D eigenvalue weighted by atomic mass is 9.89. The van der Waals surface area contributed by atoms with Gasteiger partial charge in [-0.3, -0.25) is 9.69 Å². The average molecular weight is 316 g/mol. The molecule has 0 bridgehead atoms. The number of morpholine rings is 1. The molecule has 2 fully saturated rings. The molecule has 1 aromatic rings. The summed E-state index contributed by atoms with van der Waals surface area (Å²) in [6.07, 6.45) is 2.25. The van der Waals surface area contributed by atoms with Crippen LogP contribution in [-0.4, -0.2) is 54.1 Å². The van der Waals surface area contributed by atoms with Gasteiger partial charge in [0.25, 0.3) is 5.91 Å². The molecule has 2 aliphatic rings. The van der Waals surface area contributed by atoms with E-state index in [9.17, 15) is 4.79 Å². The molecule has 2 aliphatic heterocycles. The van der Waals surface area contributed by atoms with E-state index in [1.54, 1.807) is 0 Å². The number of amides is 1. The zero-order chi connectivity index (χ0) is 16.2. The van der Waals surface area contributed by atoms with Gasteiger partial charge >= 0.3 is 0 Å². The molecule has 4 heteroatoms. The highest BCUT2D eigenvalue weighted by Gasteiger charge is 2.36. The van der Waals surface area contributed by atoms with Crippen molar-refractivity contribution in [2.75, 3.05) is 26.2 Å². The molecule has 4 nitrogen and oxygen atoms in total.